The maximum absolute atomic E-state index is 13.4. The van der Waals surface area contributed by atoms with Gasteiger partial charge in [-0.25, -0.2) is 4.39 Å². The highest BCUT2D eigenvalue weighted by Crippen LogP contribution is 2.30. The summed E-state index contributed by atoms with van der Waals surface area (Å²) >= 11 is 1.79. The fraction of sp³-hybridized carbons (Fsp3) is 0.333. The van der Waals surface area contributed by atoms with Gasteiger partial charge in [-0.15, -0.1) is 11.3 Å². The predicted molar refractivity (Wildman–Crippen MR) is 75.7 cm³/mol. The second-order valence-electron chi connectivity index (χ2n) is 4.41. The summed E-state index contributed by atoms with van der Waals surface area (Å²) in [5.74, 6) is -0.181. The summed E-state index contributed by atoms with van der Waals surface area (Å²) in [5.41, 5.74) is 2.24. The molecule has 1 atom stereocenters. The quantitative estimate of drug-likeness (QED) is 0.871. The van der Waals surface area contributed by atoms with Crippen LogP contribution in [0.15, 0.2) is 30.3 Å². The van der Waals surface area contributed by atoms with E-state index in [0.29, 0.717) is 0 Å². The van der Waals surface area contributed by atoms with Gasteiger partial charge in [-0.05, 0) is 49.7 Å². The lowest BCUT2D eigenvalue weighted by molar-refractivity contribution is 0.603. The van der Waals surface area contributed by atoms with Crippen LogP contribution < -0.4 is 5.32 Å². The number of rotatable bonds is 4. The van der Waals surface area contributed by atoms with Crippen LogP contribution in [0.2, 0.25) is 0 Å². The maximum Gasteiger partial charge on any atom is 0.123 e. The number of hydrogen-bond donors (Lipinski definition) is 1. The van der Waals surface area contributed by atoms with Crippen LogP contribution in [0.4, 0.5) is 4.39 Å². The Balaban J connectivity index is 2.42. The number of aryl methyl sites for hydroxylation is 2. The van der Waals surface area contributed by atoms with Crippen molar-refractivity contribution in [2.75, 3.05) is 6.54 Å². The summed E-state index contributed by atoms with van der Waals surface area (Å²) in [7, 11) is 0. The van der Waals surface area contributed by atoms with Crippen LogP contribution in [-0.2, 0) is 0 Å². The van der Waals surface area contributed by atoms with E-state index >= 15 is 0 Å². The van der Waals surface area contributed by atoms with Gasteiger partial charge >= 0.3 is 0 Å². The lowest BCUT2D eigenvalue weighted by Crippen LogP contribution is -2.22. The maximum atomic E-state index is 13.4. The first kappa shape index (κ1) is 13.2. The molecule has 0 spiro atoms. The Morgan fingerprint density at radius 3 is 2.61 bits per heavy atom. The summed E-state index contributed by atoms with van der Waals surface area (Å²) in [6, 6.07) is 9.11. The molecule has 0 aliphatic rings. The zero-order chi connectivity index (χ0) is 13.1. The Morgan fingerprint density at radius 2 is 2.06 bits per heavy atom. The van der Waals surface area contributed by atoms with E-state index in [0.717, 1.165) is 12.1 Å². The van der Waals surface area contributed by atoms with Gasteiger partial charge in [0, 0.05) is 9.75 Å². The van der Waals surface area contributed by atoms with Crippen LogP contribution in [0.5, 0.6) is 0 Å². The molecule has 0 saturated carbocycles. The van der Waals surface area contributed by atoms with E-state index < -0.39 is 0 Å². The van der Waals surface area contributed by atoms with Gasteiger partial charge in [0.1, 0.15) is 5.82 Å². The fourth-order valence-electron chi connectivity index (χ4n) is 2.23. The first-order chi connectivity index (χ1) is 8.61. The SMILES string of the molecule is CCNC(c1cccc(F)c1)c1cc(C)sc1C. The second-order valence-corrected chi connectivity index (χ2v) is 5.87. The smallest absolute Gasteiger partial charge is 0.123 e. The third kappa shape index (κ3) is 2.79. The molecule has 0 fully saturated rings. The molecule has 0 bridgehead atoms. The Kier molecular flexibility index (Phi) is 4.15. The first-order valence-corrected chi connectivity index (χ1v) is 6.99. The second kappa shape index (κ2) is 5.63. The van der Waals surface area contributed by atoms with Crippen molar-refractivity contribution in [2.45, 2.75) is 26.8 Å². The molecule has 1 unspecified atom stereocenters. The van der Waals surface area contributed by atoms with E-state index in [1.807, 2.05) is 6.07 Å². The van der Waals surface area contributed by atoms with Crippen molar-refractivity contribution in [1.82, 2.24) is 5.32 Å². The molecule has 2 rings (SSSR count). The largest absolute Gasteiger partial charge is 0.306 e. The Morgan fingerprint density at radius 1 is 1.28 bits per heavy atom. The topological polar surface area (TPSA) is 12.0 Å². The van der Waals surface area contributed by atoms with Crippen molar-refractivity contribution in [3.05, 3.63) is 57.0 Å². The molecule has 1 aromatic carbocycles. The van der Waals surface area contributed by atoms with Gasteiger partial charge in [-0.2, -0.15) is 0 Å². The van der Waals surface area contributed by atoms with Crippen LogP contribution in [0.25, 0.3) is 0 Å². The van der Waals surface area contributed by atoms with Crippen molar-refractivity contribution in [2.24, 2.45) is 0 Å². The van der Waals surface area contributed by atoms with Gasteiger partial charge in [0.2, 0.25) is 0 Å². The van der Waals surface area contributed by atoms with Crippen LogP contribution in [0, 0.1) is 19.7 Å². The van der Waals surface area contributed by atoms with Crippen molar-refractivity contribution in [1.29, 1.82) is 0 Å². The first-order valence-electron chi connectivity index (χ1n) is 6.17. The van der Waals surface area contributed by atoms with Gasteiger partial charge in [-0.1, -0.05) is 19.1 Å². The molecule has 18 heavy (non-hydrogen) atoms. The number of halogens is 1. The average molecular weight is 263 g/mol. The minimum absolute atomic E-state index is 0.0793. The van der Waals surface area contributed by atoms with Crippen LogP contribution in [-0.4, -0.2) is 6.54 Å². The molecule has 1 N–H and O–H groups in total. The average Bonchev–Trinajstić information content (AvgIpc) is 2.65. The summed E-state index contributed by atoms with van der Waals surface area (Å²) in [6.07, 6.45) is 0. The van der Waals surface area contributed by atoms with Crippen molar-refractivity contribution >= 4 is 11.3 Å². The lowest BCUT2D eigenvalue weighted by atomic mass is 9.99. The Hall–Kier alpha value is -1.19. The molecular formula is C15H18FNS. The van der Waals surface area contributed by atoms with Gasteiger partial charge in [-0.3, -0.25) is 0 Å². The number of nitrogens with one attached hydrogen (secondary N) is 1. The highest BCUT2D eigenvalue weighted by molar-refractivity contribution is 7.12. The van der Waals surface area contributed by atoms with Crippen molar-refractivity contribution < 1.29 is 4.39 Å². The third-order valence-corrected chi connectivity index (χ3v) is 3.96. The van der Waals surface area contributed by atoms with E-state index in [-0.39, 0.29) is 11.9 Å². The zero-order valence-corrected chi connectivity index (χ0v) is 11.8. The van der Waals surface area contributed by atoms with E-state index in [1.54, 1.807) is 23.5 Å². The monoisotopic (exact) mass is 263 g/mol. The normalized spacial score (nSPS) is 12.7. The highest BCUT2D eigenvalue weighted by atomic mass is 32.1. The predicted octanol–water partition coefficient (Wildman–Crippen LogP) is 4.20. The minimum atomic E-state index is -0.181. The molecule has 1 heterocycles. The molecule has 0 saturated heterocycles. The standard InChI is InChI=1S/C15H18FNS/c1-4-17-15(12-6-5-7-13(16)9-12)14-8-10(2)18-11(14)3/h5-9,15,17H,4H2,1-3H3. The number of hydrogen-bond acceptors (Lipinski definition) is 2. The molecule has 2 aromatic rings. The molecule has 1 aromatic heterocycles. The minimum Gasteiger partial charge on any atom is -0.306 e. The van der Waals surface area contributed by atoms with E-state index in [2.05, 4.69) is 32.2 Å². The molecular weight excluding hydrogens is 245 g/mol. The summed E-state index contributed by atoms with van der Waals surface area (Å²) in [5, 5.41) is 3.44. The highest BCUT2D eigenvalue weighted by Gasteiger charge is 2.17. The lowest BCUT2D eigenvalue weighted by Gasteiger charge is -2.18. The van der Waals surface area contributed by atoms with Gasteiger partial charge in [0.25, 0.3) is 0 Å². The number of thiophene rings is 1. The summed E-state index contributed by atoms with van der Waals surface area (Å²) in [6.45, 7) is 7.16. The summed E-state index contributed by atoms with van der Waals surface area (Å²) < 4.78 is 13.4. The van der Waals surface area contributed by atoms with Crippen molar-refractivity contribution in [3.63, 3.8) is 0 Å². The van der Waals surface area contributed by atoms with Gasteiger partial charge in [0.05, 0.1) is 6.04 Å². The molecule has 0 aliphatic carbocycles. The summed E-state index contributed by atoms with van der Waals surface area (Å²) in [4.78, 5) is 2.59. The zero-order valence-electron chi connectivity index (χ0n) is 11.0. The molecule has 1 nitrogen and oxygen atoms in total. The molecule has 0 radical (unpaired) electrons. The van der Waals surface area contributed by atoms with Crippen LogP contribution in [0.3, 0.4) is 0 Å². The molecule has 96 valence electrons. The van der Waals surface area contributed by atoms with Gasteiger partial charge < -0.3 is 5.32 Å². The Labute approximate surface area is 112 Å². The molecule has 3 heteroatoms. The Bertz CT molecular complexity index is 533. The fourth-order valence-corrected chi connectivity index (χ4v) is 3.20. The van der Waals surface area contributed by atoms with Crippen molar-refractivity contribution in [3.8, 4) is 0 Å². The van der Waals surface area contributed by atoms with E-state index in [4.69, 9.17) is 0 Å². The van der Waals surface area contributed by atoms with Crippen LogP contribution >= 0.6 is 11.3 Å². The number of benzene rings is 1. The van der Waals surface area contributed by atoms with Crippen LogP contribution in [0.1, 0.15) is 33.8 Å². The van der Waals surface area contributed by atoms with Gasteiger partial charge in [0.15, 0.2) is 0 Å². The van der Waals surface area contributed by atoms with E-state index in [1.165, 1.54) is 21.4 Å². The molecule has 0 amide bonds. The van der Waals surface area contributed by atoms with E-state index in [9.17, 15) is 4.39 Å². The third-order valence-electron chi connectivity index (χ3n) is 2.98. The molecule has 0 aliphatic heterocycles.